The monoisotopic (exact) mass is 1040 g/mol. The number of hydrogen-bond acceptors (Lipinski definition) is 15. The molecule has 1 rings (SSSR count). The molecule has 1 aromatic rings. The quantitative estimate of drug-likeness (QED) is 0.0460. The second kappa shape index (κ2) is 32.4. The first kappa shape index (κ1) is 66.1. The van der Waals surface area contributed by atoms with Crippen molar-refractivity contribution in [3.05, 3.63) is 35.9 Å². The molecule has 0 aliphatic rings. The number of esters is 1. The number of amides is 6. The summed E-state index contributed by atoms with van der Waals surface area (Å²) in [6.45, 7) is 22.4. The van der Waals surface area contributed by atoms with Crippen LogP contribution in [0.25, 0.3) is 0 Å². The lowest BCUT2D eigenvalue weighted by atomic mass is 9.94. The van der Waals surface area contributed by atoms with Crippen LogP contribution in [-0.4, -0.2) is 151 Å². The molecule has 0 aromatic heterocycles. The highest BCUT2D eigenvalue weighted by molar-refractivity contribution is 5.81. The SMILES string of the molecule is CC(C)C[C@H](NC(=O)C[C@@H](O)[C@H](C)NC(=O)C[C@@H](O)[C@H](NC(=O)OC(C)(C)C)C(C)C)[C@H](O)CC(=O)N[C@H](C(C)C)[C@H](O)CC(=O)N[C@@H](C)[C@H](O)CC(=O)N[C@@H](CC(C)C)[C@H](O)CC(=O)OCc1ccccc1. The average Bonchev–Trinajstić information content (AvgIpc) is 3.24. The Bertz CT molecular complexity index is 1860. The Balaban J connectivity index is 2.78. The summed E-state index contributed by atoms with van der Waals surface area (Å²) in [5.41, 5.74) is -0.00376. The van der Waals surface area contributed by atoms with E-state index in [-0.39, 0.29) is 37.2 Å². The number of rotatable bonds is 32. The molecule has 1 aromatic carbocycles. The highest BCUT2D eigenvalue weighted by atomic mass is 16.6. The maximum Gasteiger partial charge on any atom is 0.407 e. The Morgan fingerprint density at radius 3 is 1.22 bits per heavy atom. The molecule has 21 heteroatoms. The minimum atomic E-state index is -1.42. The zero-order valence-electron chi connectivity index (χ0n) is 45.3. The highest BCUT2D eigenvalue weighted by Crippen LogP contribution is 2.18. The summed E-state index contributed by atoms with van der Waals surface area (Å²) >= 11 is 0. The van der Waals surface area contributed by atoms with Crippen molar-refractivity contribution >= 4 is 41.6 Å². The molecular weight excluding hydrogens is 949 g/mol. The number of ether oxygens (including phenoxy) is 2. The van der Waals surface area contributed by atoms with Gasteiger partial charge in [-0.1, -0.05) is 85.7 Å². The van der Waals surface area contributed by atoms with Gasteiger partial charge in [-0.25, -0.2) is 4.79 Å². The topological polar surface area (TPSA) is 332 Å². The van der Waals surface area contributed by atoms with Crippen molar-refractivity contribution in [3.63, 3.8) is 0 Å². The third kappa shape index (κ3) is 27.8. The summed E-state index contributed by atoms with van der Waals surface area (Å²) in [6.07, 6.45) is -11.1. The number of hydrogen-bond donors (Lipinski definition) is 12. The van der Waals surface area contributed by atoms with Crippen LogP contribution in [0.4, 0.5) is 4.79 Å². The summed E-state index contributed by atoms with van der Waals surface area (Å²) in [5.74, 6) is -4.69. The van der Waals surface area contributed by atoms with Crippen molar-refractivity contribution in [2.24, 2.45) is 23.7 Å². The van der Waals surface area contributed by atoms with Gasteiger partial charge in [0.1, 0.15) is 12.2 Å². The van der Waals surface area contributed by atoms with Crippen molar-refractivity contribution in [3.8, 4) is 0 Å². The van der Waals surface area contributed by atoms with E-state index in [2.05, 4.69) is 31.9 Å². The molecule has 0 heterocycles. The molecular formula is C52H90N6O15. The van der Waals surface area contributed by atoms with Gasteiger partial charge in [0.15, 0.2) is 0 Å². The predicted molar refractivity (Wildman–Crippen MR) is 273 cm³/mol. The molecule has 0 aliphatic heterocycles. The summed E-state index contributed by atoms with van der Waals surface area (Å²) in [5, 5.41) is 81.5. The van der Waals surface area contributed by atoms with Gasteiger partial charge in [0.2, 0.25) is 29.5 Å². The average molecular weight is 1040 g/mol. The second-order valence-corrected chi connectivity index (χ2v) is 21.8. The standard InChI is InChI=1S/C52H90N6O15/c1-28(2)19-35(55-45(67)21-37(59)33(10)54-44(66)25-42(64)50(31(7)8)58-51(71)73-52(11,12)13)39(61)23-47(69)57-49(30(5)6)41(63)24-43(65)53-32(9)38(60)22-46(68)56-36(20-29(3)4)40(62)26-48(70)72-27-34-17-15-14-16-18-34/h14-18,28-33,35-42,49-50,59-64H,19-27H2,1-13H3,(H,53,65)(H,54,66)(H,55,67)(H,56,68)(H,57,69)(H,58,71)/t32-,33-,35-,36-,37+,38+,39+,40+,41+,42+,49+,50+/m0/s1. The Morgan fingerprint density at radius 1 is 0.466 bits per heavy atom. The van der Waals surface area contributed by atoms with Crippen LogP contribution >= 0.6 is 0 Å². The van der Waals surface area contributed by atoms with Crippen molar-refractivity contribution in [1.29, 1.82) is 0 Å². The first-order valence-electron chi connectivity index (χ1n) is 25.5. The van der Waals surface area contributed by atoms with Crippen LogP contribution < -0.4 is 31.9 Å². The predicted octanol–water partition coefficient (Wildman–Crippen LogP) is 2.00. The molecule has 73 heavy (non-hydrogen) atoms. The van der Waals surface area contributed by atoms with Crippen LogP contribution in [0.2, 0.25) is 0 Å². The van der Waals surface area contributed by atoms with Crippen molar-refractivity contribution in [2.75, 3.05) is 0 Å². The fourth-order valence-corrected chi connectivity index (χ4v) is 7.90. The van der Waals surface area contributed by atoms with Crippen LogP contribution in [0.15, 0.2) is 30.3 Å². The fraction of sp³-hybridized carbons (Fsp3) is 0.750. The van der Waals surface area contributed by atoms with E-state index in [0.29, 0.717) is 6.42 Å². The van der Waals surface area contributed by atoms with E-state index in [0.717, 1.165) is 5.56 Å². The molecule has 21 nitrogen and oxygen atoms in total. The van der Waals surface area contributed by atoms with E-state index in [4.69, 9.17) is 9.47 Å². The van der Waals surface area contributed by atoms with Gasteiger partial charge in [-0.2, -0.15) is 0 Å². The summed E-state index contributed by atoms with van der Waals surface area (Å²) in [7, 11) is 0. The van der Waals surface area contributed by atoms with Gasteiger partial charge < -0.3 is 72.0 Å². The largest absolute Gasteiger partial charge is 0.461 e. The van der Waals surface area contributed by atoms with E-state index in [1.54, 1.807) is 72.7 Å². The first-order valence-corrected chi connectivity index (χ1v) is 25.5. The molecule has 0 bridgehead atoms. The Labute approximate surface area is 432 Å². The van der Waals surface area contributed by atoms with E-state index < -0.39 is 158 Å². The number of carbonyl (C=O) groups is 7. The third-order valence-electron chi connectivity index (χ3n) is 11.9. The van der Waals surface area contributed by atoms with E-state index in [1.165, 1.54) is 13.8 Å². The zero-order valence-corrected chi connectivity index (χ0v) is 45.3. The number of carbonyl (C=O) groups excluding carboxylic acids is 7. The summed E-state index contributed by atoms with van der Waals surface area (Å²) in [6, 6.07) is 3.53. The van der Waals surface area contributed by atoms with Gasteiger partial charge >= 0.3 is 12.1 Å². The minimum absolute atomic E-state index is 0.0252. The van der Waals surface area contributed by atoms with Crippen LogP contribution in [0.5, 0.6) is 0 Å². The maximum absolute atomic E-state index is 13.3. The van der Waals surface area contributed by atoms with E-state index in [9.17, 15) is 64.2 Å². The van der Waals surface area contributed by atoms with Crippen LogP contribution in [0, 0.1) is 23.7 Å². The van der Waals surface area contributed by atoms with Gasteiger partial charge in [0.05, 0.1) is 111 Å². The highest BCUT2D eigenvalue weighted by Gasteiger charge is 2.34. The van der Waals surface area contributed by atoms with Crippen LogP contribution in [-0.2, 0) is 44.8 Å². The first-order chi connectivity index (χ1) is 33.8. The smallest absolute Gasteiger partial charge is 0.407 e. The third-order valence-corrected chi connectivity index (χ3v) is 11.9. The van der Waals surface area contributed by atoms with Gasteiger partial charge in [0.25, 0.3) is 0 Å². The van der Waals surface area contributed by atoms with Gasteiger partial charge in [-0.05, 0) is 76.7 Å². The number of benzene rings is 1. The summed E-state index contributed by atoms with van der Waals surface area (Å²) in [4.78, 5) is 90.3. The molecule has 0 aliphatic carbocycles. The molecule has 0 fully saturated rings. The maximum atomic E-state index is 13.3. The Hall–Kier alpha value is -4.93. The summed E-state index contributed by atoms with van der Waals surface area (Å²) < 4.78 is 10.6. The van der Waals surface area contributed by atoms with Gasteiger partial charge in [-0.3, -0.25) is 28.8 Å². The lowest BCUT2D eigenvalue weighted by molar-refractivity contribution is -0.148. The van der Waals surface area contributed by atoms with Crippen LogP contribution in [0.1, 0.15) is 147 Å². The lowest BCUT2D eigenvalue weighted by Gasteiger charge is -2.30. The lowest BCUT2D eigenvalue weighted by Crippen LogP contribution is -2.52. The molecule has 6 amide bonds. The molecule has 0 saturated heterocycles. The molecule has 0 spiro atoms. The van der Waals surface area contributed by atoms with Crippen molar-refractivity contribution in [2.45, 2.75) is 226 Å². The molecule has 0 unspecified atom stereocenters. The number of aliphatic hydroxyl groups is 6. The minimum Gasteiger partial charge on any atom is -0.461 e. The molecule has 418 valence electrons. The van der Waals surface area contributed by atoms with Gasteiger partial charge in [0, 0.05) is 0 Å². The molecule has 0 radical (unpaired) electrons. The number of nitrogens with one attached hydrogen (secondary N) is 6. The van der Waals surface area contributed by atoms with Gasteiger partial charge in [-0.15, -0.1) is 0 Å². The Kier molecular flexibility index (Phi) is 29.3. The molecule has 12 N–H and O–H groups in total. The van der Waals surface area contributed by atoms with Crippen molar-refractivity contribution in [1.82, 2.24) is 31.9 Å². The van der Waals surface area contributed by atoms with Crippen molar-refractivity contribution < 1.29 is 73.7 Å². The van der Waals surface area contributed by atoms with E-state index in [1.807, 2.05) is 33.8 Å². The number of aliphatic hydroxyl groups excluding tert-OH is 6. The molecule has 0 saturated carbocycles. The molecule has 12 atom stereocenters. The Morgan fingerprint density at radius 2 is 0.822 bits per heavy atom. The van der Waals surface area contributed by atoms with Crippen LogP contribution in [0.3, 0.4) is 0 Å². The number of alkyl carbamates (subject to hydrolysis) is 1. The zero-order chi connectivity index (χ0) is 55.9. The second-order valence-electron chi connectivity index (χ2n) is 21.8. The van der Waals surface area contributed by atoms with E-state index >= 15 is 0 Å². The normalized spacial score (nSPS) is 16.9. The fourth-order valence-electron chi connectivity index (χ4n) is 7.90.